The van der Waals surface area contributed by atoms with Gasteiger partial charge in [-0.15, -0.1) is 0 Å². The fourth-order valence-corrected chi connectivity index (χ4v) is 2.07. The second kappa shape index (κ2) is 7.33. The van der Waals surface area contributed by atoms with Gasteiger partial charge in [-0.3, -0.25) is 4.79 Å². The number of anilines is 1. The fraction of sp³-hybridized carbons (Fsp3) is 0.533. The number of hydrogen-bond acceptors (Lipinski definition) is 2. The van der Waals surface area contributed by atoms with Crippen LogP contribution in [0, 0.1) is 5.92 Å². The van der Waals surface area contributed by atoms with Gasteiger partial charge in [0.2, 0.25) is 5.91 Å². The van der Waals surface area contributed by atoms with Crippen molar-refractivity contribution in [3.8, 4) is 0 Å². The summed E-state index contributed by atoms with van der Waals surface area (Å²) in [7, 11) is 0. The molecule has 0 bridgehead atoms. The Morgan fingerprint density at radius 2 is 2.00 bits per heavy atom. The molecule has 0 heterocycles. The Bertz CT molecular complexity index is 472. The highest BCUT2D eigenvalue weighted by molar-refractivity contribution is 5.76. The van der Waals surface area contributed by atoms with E-state index in [0.717, 1.165) is 10.5 Å². The second-order valence-electron chi connectivity index (χ2n) is 5.53. The monoisotopic (exact) mass is 302 g/mol. The van der Waals surface area contributed by atoms with E-state index in [9.17, 15) is 18.0 Å². The average Bonchev–Trinajstić information content (AvgIpc) is 2.33. The van der Waals surface area contributed by atoms with Crippen molar-refractivity contribution < 1.29 is 18.0 Å². The highest BCUT2D eigenvalue weighted by atomic mass is 19.4. The van der Waals surface area contributed by atoms with E-state index in [1.807, 2.05) is 0 Å². The molecule has 0 aromatic heterocycles. The molecule has 118 valence electrons. The first kappa shape index (κ1) is 17.3. The standard InChI is InChI=1S/C15H21F3N2O/c1-11(2)9-20(10-15(16,17)18)14(21)7-6-12-4-3-5-13(19)8-12/h3-5,8,11H,6-7,9-10,19H2,1-2H3. The van der Waals surface area contributed by atoms with Crippen molar-refractivity contribution in [2.24, 2.45) is 5.92 Å². The Morgan fingerprint density at radius 3 is 2.52 bits per heavy atom. The summed E-state index contributed by atoms with van der Waals surface area (Å²) in [6.07, 6.45) is -3.94. The van der Waals surface area contributed by atoms with Crippen LogP contribution in [0.25, 0.3) is 0 Å². The lowest BCUT2D eigenvalue weighted by atomic mass is 10.1. The molecule has 1 aromatic carbocycles. The van der Waals surface area contributed by atoms with Crippen LogP contribution in [0.3, 0.4) is 0 Å². The molecule has 1 rings (SSSR count). The van der Waals surface area contributed by atoms with E-state index in [2.05, 4.69) is 0 Å². The van der Waals surface area contributed by atoms with Crippen molar-refractivity contribution in [2.75, 3.05) is 18.8 Å². The fourth-order valence-electron chi connectivity index (χ4n) is 2.07. The predicted molar refractivity (Wildman–Crippen MR) is 76.6 cm³/mol. The number of carbonyl (C=O) groups is 1. The van der Waals surface area contributed by atoms with E-state index in [-0.39, 0.29) is 18.9 Å². The van der Waals surface area contributed by atoms with Gasteiger partial charge in [-0.1, -0.05) is 26.0 Å². The van der Waals surface area contributed by atoms with Gasteiger partial charge in [-0.05, 0) is 30.0 Å². The SMILES string of the molecule is CC(C)CN(CC(F)(F)F)C(=O)CCc1cccc(N)c1. The molecule has 0 aliphatic carbocycles. The molecular formula is C15H21F3N2O. The molecule has 0 spiro atoms. The summed E-state index contributed by atoms with van der Waals surface area (Å²) in [6.45, 7) is 2.49. The Labute approximate surface area is 122 Å². The maximum atomic E-state index is 12.5. The summed E-state index contributed by atoms with van der Waals surface area (Å²) in [5, 5.41) is 0. The summed E-state index contributed by atoms with van der Waals surface area (Å²) in [5.41, 5.74) is 7.05. The number of nitrogens with two attached hydrogens (primary N) is 1. The van der Waals surface area contributed by atoms with E-state index < -0.39 is 18.6 Å². The number of rotatable bonds is 6. The number of benzene rings is 1. The van der Waals surface area contributed by atoms with Gasteiger partial charge in [0.15, 0.2) is 0 Å². The molecule has 0 fully saturated rings. The van der Waals surface area contributed by atoms with Crippen LogP contribution in [-0.4, -0.2) is 30.1 Å². The largest absolute Gasteiger partial charge is 0.406 e. The number of nitrogens with zero attached hydrogens (tertiary/aromatic N) is 1. The maximum absolute atomic E-state index is 12.5. The summed E-state index contributed by atoms with van der Waals surface area (Å²) < 4.78 is 37.6. The van der Waals surface area contributed by atoms with Gasteiger partial charge in [0, 0.05) is 18.7 Å². The molecular weight excluding hydrogens is 281 g/mol. The van der Waals surface area contributed by atoms with Crippen LogP contribution in [0.4, 0.5) is 18.9 Å². The number of halogens is 3. The summed E-state index contributed by atoms with van der Waals surface area (Å²) in [5.74, 6) is -0.493. The molecule has 0 aliphatic rings. The molecule has 3 nitrogen and oxygen atoms in total. The third kappa shape index (κ3) is 7.02. The van der Waals surface area contributed by atoms with Crippen molar-refractivity contribution in [1.29, 1.82) is 0 Å². The van der Waals surface area contributed by atoms with Crippen LogP contribution in [-0.2, 0) is 11.2 Å². The molecule has 0 aliphatic heterocycles. The number of aryl methyl sites for hydroxylation is 1. The van der Waals surface area contributed by atoms with Crippen LogP contribution in [0.2, 0.25) is 0 Å². The Morgan fingerprint density at radius 1 is 1.33 bits per heavy atom. The summed E-state index contributed by atoms with van der Waals surface area (Å²) in [4.78, 5) is 12.9. The van der Waals surface area contributed by atoms with Crippen LogP contribution in [0.1, 0.15) is 25.8 Å². The third-order valence-electron chi connectivity index (χ3n) is 2.89. The van der Waals surface area contributed by atoms with Gasteiger partial charge in [0.05, 0.1) is 0 Å². The molecule has 21 heavy (non-hydrogen) atoms. The van der Waals surface area contributed by atoms with Gasteiger partial charge in [-0.2, -0.15) is 13.2 Å². The quantitative estimate of drug-likeness (QED) is 0.820. The smallest absolute Gasteiger partial charge is 0.399 e. The maximum Gasteiger partial charge on any atom is 0.406 e. The molecule has 0 saturated carbocycles. The first-order valence-corrected chi connectivity index (χ1v) is 6.86. The predicted octanol–water partition coefficient (Wildman–Crippen LogP) is 3.25. The molecule has 1 amide bonds. The van der Waals surface area contributed by atoms with Crippen LogP contribution in [0.5, 0.6) is 0 Å². The van der Waals surface area contributed by atoms with Gasteiger partial charge in [0.25, 0.3) is 0 Å². The first-order chi connectivity index (χ1) is 9.67. The molecule has 6 heteroatoms. The Balaban J connectivity index is 2.63. The zero-order chi connectivity index (χ0) is 16.0. The van der Waals surface area contributed by atoms with E-state index in [4.69, 9.17) is 5.73 Å². The van der Waals surface area contributed by atoms with E-state index >= 15 is 0 Å². The lowest BCUT2D eigenvalue weighted by Crippen LogP contribution is -2.41. The zero-order valence-corrected chi connectivity index (χ0v) is 12.3. The number of nitrogen functional groups attached to an aromatic ring is 1. The van der Waals surface area contributed by atoms with Gasteiger partial charge in [-0.25, -0.2) is 0 Å². The minimum atomic E-state index is -4.37. The lowest BCUT2D eigenvalue weighted by Gasteiger charge is -2.25. The third-order valence-corrected chi connectivity index (χ3v) is 2.89. The van der Waals surface area contributed by atoms with Crippen molar-refractivity contribution >= 4 is 11.6 Å². The van der Waals surface area contributed by atoms with Crippen LogP contribution < -0.4 is 5.73 Å². The highest BCUT2D eigenvalue weighted by Crippen LogP contribution is 2.18. The van der Waals surface area contributed by atoms with E-state index in [0.29, 0.717) is 12.1 Å². The van der Waals surface area contributed by atoms with E-state index in [1.54, 1.807) is 38.1 Å². The lowest BCUT2D eigenvalue weighted by molar-refractivity contribution is -0.162. The minimum Gasteiger partial charge on any atom is -0.399 e. The summed E-state index contributed by atoms with van der Waals surface area (Å²) in [6, 6.07) is 7.01. The van der Waals surface area contributed by atoms with Crippen molar-refractivity contribution in [3.63, 3.8) is 0 Å². The molecule has 0 unspecified atom stereocenters. The highest BCUT2D eigenvalue weighted by Gasteiger charge is 2.32. The molecule has 0 atom stereocenters. The van der Waals surface area contributed by atoms with Crippen molar-refractivity contribution in [3.05, 3.63) is 29.8 Å². The van der Waals surface area contributed by atoms with Crippen molar-refractivity contribution in [1.82, 2.24) is 4.90 Å². The zero-order valence-electron chi connectivity index (χ0n) is 12.3. The van der Waals surface area contributed by atoms with Gasteiger partial charge in [0.1, 0.15) is 6.54 Å². The second-order valence-corrected chi connectivity index (χ2v) is 5.53. The first-order valence-electron chi connectivity index (χ1n) is 6.86. The average molecular weight is 302 g/mol. The van der Waals surface area contributed by atoms with Crippen molar-refractivity contribution in [2.45, 2.75) is 32.9 Å². The molecule has 2 N–H and O–H groups in total. The van der Waals surface area contributed by atoms with Crippen LogP contribution in [0.15, 0.2) is 24.3 Å². The normalized spacial score (nSPS) is 11.7. The Kier molecular flexibility index (Phi) is 6.05. The molecule has 0 saturated heterocycles. The number of amides is 1. The number of alkyl halides is 3. The Hall–Kier alpha value is -1.72. The number of carbonyl (C=O) groups excluding carboxylic acids is 1. The molecule has 0 radical (unpaired) electrons. The van der Waals surface area contributed by atoms with Gasteiger partial charge < -0.3 is 10.6 Å². The summed E-state index contributed by atoms with van der Waals surface area (Å²) >= 11 is 0. The van der Waals surface area contributed by atoms with E-state index in [1.165, 1.54) is 0 Å². The van der Waals surface area contributed by atoms with Crippen LogP contribution >= 0.6 is 0 Å². The number of hydrogen-bond donors (Lipinski definition) is 1. The molecule has 1 aromatic rings. The minimum absolute atomic E-state index is 0.0105. The topological polar surface area (TPSA) is 46.3 Å². The van der Waals surface area contributed by atoms with Gasteiger partial charge >= 0.3 is 6.18 Å².